The number of alkyl halides is 1. The Hall–Kier alpha value is -1.89. The molecule has 0 saturated carbocycles. The predicted octanol–water partition coefficient (Wildman–Crippen LogP) is 4.02. The third-order valence-corrected chi connectivity index (χ3v) is 5.61. The number of pyridine rings is 1. The summed E-state index contributed by atoms with van der Waals surface area (Å²) in [6.45, 7) is 0.352. The molecule has 1 amide bonds. The maximum atomic E-state index is 15.8. The lowest BCUT2D eigenvalue weighted by molar-refractivity contribution is -0.136. The van der Waals surface area contributed by atoms with Crippen LogP contribution >= 0.6 is 23.2 Å². The topological polar surface area (TPSA) is 71.5 Å². The second-order valence-electron chi connectivity index (χ2n) is 6.75. The van der Waals surface area contributed by atoms with Gasteiger partial charge in [0.25, 0.3) is 5.91 Å². The summed E-state index contributed by atoms with van der Waals surface area (Å²) in [4.78, 5) is 17.0. The van der Waals surface area contributed by atoms with Gasteiger partial charge in [-0.3, -0.25) is 9.78 Å². The molecule has 2 N–H and O–H groups in total. The molecule has 0 bridgehead atoms. The van der Waals surface area contributed by atoms with Crippen molar-refractivity contribution < 1.29 is 19.0 Å². The fourth-order valence-electron chi connectivity index (χ4n) is 3.73. The molecule has 1 aromatic carbocycles. The summed E-state index contributed by atoms with van der Waals surface area (Å²) in [6.07, 6.45) is 1.05. The van der Waals surface area contributed by atoms with Gasteiger partial charge in [-0.1, -0.05) is 29.3 Å². The number of nitrogens with zero attached hydrogens (tertiary/aromatic N) is 1. The molecule has 1 aliphatic carbocycles. The molecule has 0 fully saturated rings. The Morgan fingerprint density at radius 1 is 1.37 bits per heavy atom. The third-order valence-electron chi connectivity index (χ3n) is 5.08. The molecule has 5 nitrogen and oxygen atoms in total. The lowest BCUT2D eigenvalue weighted by Crippen LogP contribution is -2.46. The summed E-state index contributed by atoms with van der Waals surface area (Å²) >= 11 is 12.3. The Morgan fingerprint density at radius 3 is 3.00 bits per heavy atom. The van der Waals surface area contributed by atoms with Gasteiger partial charge in [0.1, 0.15) is 5.75 Å². The Morgan fingerprint density at radius 2 is 2.19 bits per heavy atom. The Labute approximate surface area is 165 Å². The van der Waals surface area contributed by atoms with E-state index in [1.165, 1.54) is 12.3 Å². The molecule has 1 aliphatic heterocycles. The van der Waals surface area contributed by atoms with Gasteiger partial charge in [-0.2, -0.15) is 0 Å². The molecule has 27 heavy (non-hydrogen) atoms. The van der Waals surface area contributed by atoms with Gasteiger partial charge in [-0.05, 0) is 31.0 Å². The van der Waals surface area contributed by atoms with Gasteiger partial charge < -0.3 is 15.2 Å². The highest BCUT2D eigenvalue weighted by Crippen LogP contribution is 2.44. The number of carbonyl (C=O) groups excluding carboxylic acids is 1. The molecular weight excluding hydrogens is 394 g/mol. The van der Waals surface area contributed by atoms with E-state index in [4.69, 9.17) is 27.9 Å². The van der Waals surface area contributed by atoms with E-state index in [-0.39, 0.29) is 24.1 Å². The second kappa shape index (κ2) is 6.93. The number of aliphatic hydroxyl groups excluding tert-OH is 1. The van der Waals surface area contributed by atoms with Crippen molar-refractivity contribution in [2.75, 3.05) is 6.61 Å². The number of ether oxygens (including phenoxy) is 1. The van der Waals surface area contributed by atoms with E-state index in [9.17, 15) is 9.90 Å². The lowest BCUT2D eigenvalue weighted by Gasteiger charge is -2.35. The van der Waals surface area contributed by atoms with E-state index in [0.717, 1.165) is 0 Å². The Bertz CT molecular complexity index is 911. The number of hydrogen-bond donors (Lipinski definition) is 2. The number of aromatic nitrogens is 1. The highest BCUT2D eigenvalue weighted by Gasteiger charge is 2.47. The quantitative estimate of drug-likeness (QED) is 0.783. The van der Waals surface area contributed by atoms with Crippen LogP contribution in [0, 0.1) is 0 Å². The fourth-order valence-corrected chi connectivity index (χ4v) is 4.33. The first-order valence-corrected chi connectivity index (χ1v) is 9.41. The van der Waals surface area contributed by atoms with Crippen LogP contribution in [0.15, 0.2) is 30.5 Å². The SMILES string of the molecule is O=C(NC1CCOc2cc(Cl)cc(Cl)c21)[C@]1(F)CC[C@H](O)c2ncccc21. The molecule has 4 rings (SSSR count). The van der Waals surface area contributed by atoms with Gasteiger partial charge in [0.15, 0.2) is 0 Å². The number of halogens is 3. The minimum absolute atomic E-state index is 0.107. The number of fused-ring (bicyclic) bond motifs is 2. The molecule has 1 aromatic heterocycles. The first-order chi connectivity index (χ1) is 12.9. The van der Waals surface area contributed by atoms with Crippen molar-refractivity contribution in [3.63, 3.8) is 0 Å². The first-order valence-electron chi connectivity index (χ1n) is 8.65. The zero-order valence-corrected chi connectivity index (χ0v) is 15.7. The van der Waals surface area contributed by atoms with Gasteiger partial charge in [-0.25, -0.2) is 4.39 Å². The van der Waals surface area contributed by atoms with Gasteiger partial charge in [0.2, 0.25) is 5.67 Å². The average molecular weight is 411 g/mol. The maximum Gasteiger partial charge on any atom is 0.262 e. The van der Waals surface area contributed by atoms with Crippen molar-refractivity contribution in [1.29, 1.82) is 0 Å². The van der Waals surface area contributed by atoms with Gasteiger partial charge in [-0.15, -0.1) is 0 Å². The molecule has 0 spiro atoms. The van der Waals surface area contributed by atoms with Crippen molar-refractivity contribution in [3.8, 4) is 5.75 Å². The van der Waals surface area contributed by atoms with E-state index < -0.39 is 23.7 Å². The molecule has 8 heteroatoms. The van der Waals surface area contributed by atoms with Crippen LogP contribution in [-0.4, -0.2) is 22.6 Å². The largest absolute Gasteiger partial charge is 0.493 e. The summed E-state index contributed by atoms with van der Waals surface area (Å²) in [7, 11) is 0. The minimum Gasteiger partial charge on any atom is -0.493 e. The summed E-state index contributed by atoms with van der Waals surface area (Å²) in [5.41, 5.74) is -1.36. The smallest absolute Gasteiger partial charge is 0.262 e. The van der Waals surface area contributed by atoms with Crippen molar-refractivity contribution in [2.24, 2.45) is 0 Å². The number of rotatable bonds is 2. The fraction of sp³-hybridized carbons (Fsp3) is 0.368. The Balaban J connectivity index is 1.66. The number of aliphatic hydroxyl groups is 1. The highest BCUT2D eigenvalue weighted by molar-refractivity contribution is 6.35. The summed E-state index contributed by atoms with van der Waals surface area (Å²) < 4.78 is 21.4. The van der Waals surface area contributed by atoms with Crippen molar-refractivity contribution in [1.82, 2.24) is 10.3 Å². The van der Waals surface area contributed by atoms with Crippen LogP contribution in [0.2, 0.25) is 10.0 Å². The zero-order valence-electron chi connectivity index (χ0n) is 14.2. The molecule has 142 valence electrons. The second-order valence-corrected chi connectivity index (χ2v) is 7.60. The van der Waals surface area contributed by atoms with Crippen LogP contribution in [-0.2, 0) is 10.5 Å². The monoisotopic (exact) mass is 410 g/mol. The number of amides is 1. The first kappa shape index (κ1) is 18.5. The number of carbonyl (C=O) groups is 1. The van der Waals surface area contributed by atoms with Gasteiger partial charge in [0.05, 0.1) is 29.5 Å². The van der Waals surface area contributed by atoms with Crippen LogP contribution < -0.4 is 10.1 Å². The third kappa shape index (κ3) is 3.16. The van der Waals surface area contributed by atoms with E-state index in [2.05, 4.69) is 10.3 Å². The number of nitrogens with one attached hydrogen (secondary N) is 1. The molecular formula is C19H17Cl2FN2O3. The maximum absolute atomic E-state index is 15.8. The standard InChI is InChI=1S/C19H17Cl2FN2O3/c20-10-8-12(21)16-13(4-7-27-15(16)9-10)24-18(26)19(22)5-3-14(25)17-11(19)2-1-6-23-17/h1-2,6,8-9,13-14,25H,3-5,7H2,(H,24,26)/t13?,14-,19-/m0/s1. The summed E-state index contributed by atoms with van der Waals surface area (Å²) in [5.74, 6) is -0.286. The van der Waals surface area contributed by atoms with Crippen LogP contribution in [0.1, 0.15) is 48.2 Å². The van der Waals surface area contributed by atoms with E-state index in [1.54, 1.807) is 18.2 Å². The Kier molecular flexibility index (Phi) is 4.74. The molecule has 2 aromatic rings. The van der Waals surface area contributed by atoms with Gasteiger partial charge >= 0.3 is 0 Å². The minimum atomic E-state index is -2.26. The predicted molar refractivity (Wildman–Crippen MR) is 98.7 cm³/mol. The highest BCUT2D eigenvalue weighted by atomic mass is 35.5. The van der Waals surface area contributed by atoms with E-state index >= 15 is 4.39 Å². The zero-order chi connectivity index (χ0) is 19.2. The molecule has 0 radical (unpaired) electrons. The van der Waals surface area contributed by atoms with Crippen LogP contribution in [0.25, 0.3) is 0 Å². The van der Waals surface area contributed by atoms with E-state index in [0.29, 0.717) is 34.4 Å². The molecule has 0 saturated heterocycles. The van der Waals surface area contributed by atoms with Crippen LogP contribution in [0.5, 0.6) is 5.75 Å². The molecule has 3 atom stereocenters. The lowest BCUT2D eigenvalue weighted by atomic mass is 9.80. The average Bonchev–Trinajstić information content (AvgIpc) is 2.64. The van der Waals surface area contributed by atoms with Gasteiger partial charge in [0, 0.05) is 28.8 Å². The summed E-state index contributed by atoms with van der Waals surface area (Å²) in [6, 6.07) is 5.75. The molecule has 1 unspecified atom stereocenters. The number of hydrogen-bond acceptors (Lipinski definition) is 4. The van der Waals surface area contributed by atoms with Crippen molar-refractivity contribution in [3.05, 3.63) is 57.3 Å². The molecule has 2 heterocycles. The van der Waals surface area contributed by atoms with E-state index in [1.807, 2.05) is 0 Å². The van der Waals surface area contributed by atoms with Crippen molar-refractivity contribution in [2.45, 2.75) is 37.1 Å². The normalized spacial score (nSPS) is 26.5. The van der Waals surface area contributed by atoms with Crippen LogP contribution in [0.3, 0.4) is 0 Å². The number of benzene rings is 1. The van der Waals surface area contributed by atoms with Crippen molar-refractivity contribution >= 4 is 29.1 Å². The van der Waals surface area contributed by atoms with Crippen LogP contribution in [0.4, 0.5) is 4.39 Å². The summed E-state index contributed by atoms with van der Waals surface area (Å²) in [5, 5.41) is 13.6. The molecule has 2 aliphatic rings.